The minimum atomic E-state index is -0.977. The van der Waals surface area contributed by atoms with Gasteiger partial charge in [0, 0.05) is 11.1 Å². The van der Waals surface area contributed by atoms with E-state index in [1.807, 2.05) is 0 Å². The van der Waals surface area contributed by atoms with Gasteiger partial charge in [0.05, 0.1) is 11.3 Å². The van der Waals surface area contributed by atoms with Crippen LogP contribution in [0.5, 0.6) is 0 Å². The molecule has 2 nitrogen and oxygen atoms in total. The Kier molecular flexibility index (Phi) is 2.19. The number of hydrogen-bond donors (Lipinski definition) is 0. The molecule has 0 saturated carbocycles. The molecule has 1 aliphatic heterocycles. The molecule has 296 valence electrons. The zero-order valence-corrected chi connectivity index (χ0v) is 36.0. The summed E-state index contributed by atoms with van der Waals surface area (Å²) in [5, 5.41) is 84.6. The Morgan fingerprint density at radius 3 is 0.690 bits per heavy atom. The van der Waals surface area contributed by atoms with E-state index in [9.17, 15) is 0 Å². The lowest BCUT2D eigenvalue weighted by atomic mass is 9.51. The number of carbonyl (C=O) groups is 1. The topological polar surface area (TPSA) is 26.3 Å². The van der Waals surface area contributed by atoms with Crippen molar-refractivity contribution in [3.63, 3.8) is 0 Å². The van der Waals surface area contributed by atoms with Crippen molar-refractivity contribution in [2.75, 3.05) is 0 Å². The summed E-state index contributed by atoms with van der Waals surface area (Å²) in [7, 11) is 0. The van der Waals surface area contributed by atoms with Crippen molar-refractivity contribution in [3.8, 4) is 0 Å². The summed E-state index contributed by atoms with van der Waals surface area (Å²) < 4.78 is 8.09. The average Bonchev–Trinajstić information content (AvgIpc) is 4.23. The van der Waals surface area contributed by atoms with Crippen LogP contribution in [0.3, 0.4) is 0 Å². The summed E-state index contributed by atoms with van der Waals surface area (Å²) in [5.41, 5.74) is 5.33. The molecule has 1 fully saturated rings. The zero-order chi connectivity index (χ0) is 42.2. The van der Waals surface area contributed by atoms with Gasteiger partial charge in [-0.1, -0.05) is 30.3 Å². The van der Waals surface area contributed by atoms with E-state index in [1.54, 1.807) is 226 Å². The number of hydrogen-bond acceptors (Lipinski definition) is 2. The fourth-order valence-electron chi connectivity index (χ4n) is 25.5. The third-order valence-electron chi connectivity index (χ3n) is 25.6. The molecule has 1 unspecified atom stereocenters. The second-order valence-electron chi connectivity index (χ2n) is 25.9. The van der Waals surface area contributed by atoms with Crippen LogP contribution in [-0.2, 0) is 27.0 Å². The quantitative estimate of drug-likeness (QED) is 0.128. The number of carbonyl (C=O) groups excluding carboxylic acids is 1. The lowest BCUT2D eigenvalue weighted by Crippen LogP contribution is -2.52. The molecule has 0 bridgehead atoms. The predicted octanol–water partition coefficient (Wildman–Crippen LogP) is 17.7. The molecule has 2 spiro atoms. The molecule has 0 aromatic heterocycles. The summed E-state index contributed by atoms with van der Waals surface area (Å²) in [6.45, 7) is 0. The van der Waals surface area contributed by atoms with Gasteiger partial charge in [0.25, 0.3) is 0 Å². The molecule has 1 saturated heterocycles. The van der Waals surface area contributed by atoms with Gasteiger partial charge < -0.3 is 4.74 Å². The van der Waals surface area contributed by atoms with Crippen LogP contribution < -0.4 is 0 Å². The Labute approximate surface area is 385 Å². The first kappa shape index (κ1) is 26.2. The molecule has 34 rings (SSSR count). The first-order valence-electron chi connectivity index (χ1n) is 26.4. The largest absolute Gasteiger partial charge is 0.447 e. The smallest absolute Gasteiger partial charge is 0.311 e. The van der Waals surface area contributed by atoms with E-state index in [2.05, 4.69) is 30.3 Å². The van der Waals surface area contributed by atoms with Gasteiger partial charge >= 0.3 is 5.97 Å². The number of rotatable bonds is 2. The first-order valence-corrected chi connectivity index (χ1v) is 26.4. The van der Waals surface area contributed by atoms with Gasteiger partial charge in [0.1, 0.15) is 0 Å². The van der Waals surface area contributed by atoms with E-state index >= 15 is 4.79 Å². The van der Waals surface area contributed by atoms with Gasteiger partial charge in [-0.15, -0.1) is 0 Å². The van der Waals surface area contributed by atoms with Crippen LogP contribution in [0.2, 0.25) is 0 Å². The van der Waals surface area contributed by atoms with Gasteiger partial charge in [0.2, 0.25) is 0 Å². The van der Waals surface area contributed by atoms with E-state index in [4.69, 9.17) is 4.74 Å². The number of esters is 1. The van der Waals surface area contributed by atoms with Gasteiger partial charge in [-0.05, 0) is 314 Å². The normalized spacial score (nSPS) is 23.4. The molecule has 0 N–H and O–H groups in total. The van der Waals surface area contributed by atoms with Gasteiger partial charge in [-0.2, -0.15) is 0 Å². The van der Waals surface area contributed by atoms with Crippen LogP contribution in [0.4, 0.5) is 0 Å². The highest BCUT2D eigenvalue weighted by Gasteiger charge is 2.78. The molecule has 0 amide bonds. The lowest BCUT2D eigenvalue weighted by molar-refractivity contribution is -0.148. The van der Waals surface area contributed by atoms with Crippen LogP contribution in [0.25, 0.3) is 291 Å². The van der Waals surface area contributed by atoms with Crippen molar-refractivity contribution in [1.29, 1.82) is 0 Å². The zero-order valence-electron chi connectivity index (χ0n) is 36.0. The maximum absolute atomic E-state index is 16.4. The highest BCUT2D eigenvalue weighted by Crippen LogP contribution is 2.86. The molecule has 29 aromatic rings. The van der Waals surface area contributed by atoms with Crippen LogP contribution in [-0.4, -0.2) is 5.97 Å². The van der Waals surface area contributed by atoms with E-state index in [0.29, 0.717) is 6.42 Å². The standard InChI is InChI=1S/C69H8O2/c70-67-8(6-7-4-2-1-3-5-7)68-63-55-47-37-27-19-11-9-10-13-17-15(11)23-31-25(17)35-29-21(13)22-14(10)18-16-12(9)20(19)28-34-24(16)32-26(18)36-30(22)40-39(29)51-45(35)53-43(31)49(41(47)33(23)27)57(63)59(53)65-61(51)62-52(40)46(36)54-44(32)50-42(34)48(38(28)37)56(55)64(68)58(50)60(54)66(62)69(65,68)71-67/h1-5,8H,6H2. The third-order valence-corrected chi connectivity index (χ3v) is 25.6. The van der Waals surface area contributed by atoms with Crippen molar-refractivity contribution in [2.45, 2.75) is 17.4 Å². The number of ether oxygens (including phenoxy) is 1. The minimum Gasteiger partial charge on any atom is -0.447 e. The van der Waals surface area contributed by atoms with Crippen LogP contribution in [0.15, 0.2) is 30.3 Å². The molecule has 4 aliphatic carbocycles. The predicted molar refractivity (Wildman–Crippen MR) is 294 cm³/mol. The fraction of sp³-hybridized carbons (Fsp3) is 0.0580. The fourth-order valence-corrected chi connectivity index (χ4v) is 25.5. The average molecular weight is 869 g/mol. The van der Waals surface area contributed by atoms with Crippen LogP contribution in [0, 0.1) is 5.92 Å². The van der Waals surface area contributed by atoms with Crippen molar-refractivity contribution < 1.29 is 9.53 Å². The van der Waals surface area contributed by atoms with Gasteiger partial charge in [0.15, 0.2) is 5.60 Å². The Morgan fingerprint density at radius 1 is 0.268 bits per heavy atom. The molecular weight excluding hydrogens is 861 g/mol. The van der Waals surface area contributed by atoms with Crippen molar-refractivity contribution >= 4 is 297 Å². The Morgan fingerprint density at radius 2 is 0.465 bits per heavy atom. The molecule has 0 radical (unpaired) electrons. The van der Waals surface area contributed by atoms with E-state index in [1.165, 1.54) is 92.5 Å². The Hall–Kier alpha value is -8.85. The van der Waals surface area contributed by atoms with Crippen molar-refractivity contribution in [2.24, 2.45) is 5.92 Å². The second kappa shape index (κ2) is 5.93. The van der Waals surface area contributed by atoms with E-state index in [-0.39, 0.29) is 11.9 Å². The van der Waals surface area contributed by atoms with Crippen molar-refractivity contribution in [3.05, 3.63) is 58.1 Å². The molecule has 71 heavy (non-hydrogen) atoms. The molecule has 1 atom stereocenters. The SMILES string of the molecule is O=C1OC23c4c5c6c7c8c9c(c%10c%11c2c2c4c4c%12c5c5c6c6c8c8c%13c9c9c%10c%10c%11c%11c2c2c4c4c%12c%12c5c5c6c8c6c8c%13c9c9c%10c%10c%11c2c2c4c4c%12c5c6c5c8c9c%10c2c45)C73C1Cc1ccccc1. The first-order chi connectivity index (χ1) is 35.3. The molecule has 5 aliphatic rings. The van der Waals surface area contributed by atoms with Crippen LogP contribution in [0.1, 0.15) is 27.8 Å². The molecule has 2 heteroatoms. The van der Waals surface area contributed by atoms with Gasteiger partial charge in [-0.3, -0.25) is 4.79 Å². The highest BCUT2D eigenvalue weighted by molar-refractivity contribution is 6.82. The molecule has 1 heterocycles. The molecular formula is C69H8O2. The van der Waals surface area contributed by atoms with E-state index in [0.717, 1.165) is 0 Å². The van der Waals surface area contributed by atoms with Gasteiger partial charge in [-0.25, -0.2) is 0 Å². The van der Waals surface area contributed by atoms with E-state index < -0.39 is 11.0 Å². The third kappa shape index (κ3) is 1.40. The summed E-state index contributed by atoms with van der Waals surface area (Å²) in [5.74, 6) is -0.371. The maximum atomic E-state index is 16.4. The Bertz CT molecular complexity index is 7250. The lowest BCUT2D eigenvalue weighted by Gasteiger charge is -2.49. The van der Waals surface area contributed by atoms with Crippen molar-refractivity contribution in [1.82, 2.24) is 0 Å². The second-order valence-corrected chi connectivity index (χ2v) is 25.9. The highest BCUT2D eigenvalue weighted by atomic mass is 16.6. The number of benzene rings is 19. The summed E-state index contributed by atoms with van der Waals surface area (Å²) >= 11 is 0. The summed E-state index contributed by atoms with van der Waals surface area (Å²) in [4.78, 5) is 16.4. The summed E-state index contributed by atoms with van der Waals surface area (Å²) in [6, 6.07) is 11.1. The minimum absolute atomic E-state index is 0.0175. The Balaban J connectivity index is 1.16. The summed E-state index contributed by atoms with van der Waals surface area (Å²) in [6.07, 6.45) is 0.665. The monoisotopic (exact) mass is 868 g/mol. The molecule has 29 aromatic carbocycles. The maximum Gasteiger partial charge on any atom is 0.311 e. The van der Waals surface area contributed by atoms with Crippen LogP contribution >= 0.6 is 0 Å².